The zero-order valence-corrected chi connectivity index (χ0v) is 10.1. The molecule has 3 heteroatoms. The number of aryl methyl sites for hydroxylation is 1. The second-order valence-electron chi connectivity index (χ2n) is 3.31. The van der Waals surface area contributed by atoms with Crippen molar-refractivity contribution in [3.8, 4) is 5.75 Å². The molecule has 0 spiro atoms. The van der Waals surface area contributed by atoms with Gasteiger partial charge in [-0.2, -0.15) is 0 Å². The van der Waals surface area contributed by atoms with Crippen molar-refractivity contribution in [3.05, 3.63) is 27.7 Å². The highest BCUT2D eigenvalue weighted by atomic mass is 79.9. The Balaban J connectivity index is 3.09. The molecule has 0 aliphatic heterocycles. The van der Waals surface area contributed by atoms with Crippen LogP contribution in [0.3, 0.4) is 0 Å². The molecule has 0 bridgehead atoms. The smallest absolute Gasteiger partial charge is 0.134 e. The van der Waals surface area contributed by atoms with E-state index < -0.39 is 0 Å². The molecular weight excluding hydrogens is 244 g/mol. The molecule has 0 heterocycles. The summed E-state index contributed by atoms with van der Waals surface area (Å²) >= 11 is 3.43. The van der Waals surface area contributed by atoms with Crippen LogP contribution in [0, 0.1) is 6.92 Å². The van der Waals surface area contributed by atoms with Crippen molar-refractivity contribution < 1.29 is 9.53 Å². The summed E-state index contributed by atoms with van der Waals surface area (Å²) in [6.45, 7) is 3.57. The lowest BCUT2D eigenvalue weighted by molar-refractivity contribution is -0.116. The molecule has 0 aliphatic rings. The van der Waals surface area contributed by atoms with Crippen molar-refractivity contribution in [3.63, 3.8) is 0 Å². The van der Waals surface area contributed by atoms with Crippen LogP contribution >= 0.6 is 15.9 Å². The maximum atomic E-state index is 11.0. The third-order valence-corrected chi connectivity index (χ3v) is 2.97. The highest BCUT2D eigenvalue weighted by Gasteiger charge is 2.07. The van der Waals surface area contributed by atoms with E-state index in [1.165, 1.54) is 0 Å². The SMILES string of the molecule is COc1cc(CC(C)=O)cc(C)c1Br. The number of ketones is 1. The summed E-state index contributed by atoms with van der Waals surface area (Å²) in [5.74, 6) is 0.940. The van der Waals surface area contributed by atoms with Gasteiger partial charge in [-0.05, 0) is 47.0 Å². The van der Waals surface area contributed by atoms with Crippen molar-refractivity contribution >= 4 is 21.7 Å². The molecular formula is C11H13BrO2. The van der Waals surface area contributed by atoms with E-state index >= 15 is 0 Å². The molecule has 2 nitrogen and oxygen atoms in total. The van der Waals surface area contributed by atoms with E-state index in [1.54, 1.807) is 14.0 Å². The van der Waals surface area contributed by atoms with Crippen LogP contribution in [0.15, 0.2) is 16.6 Å². The Morgan fingerprint density at radius 3 is 2.64 bits per heavy atom. The topological polar surface area (TPSA) is 26.3 Å². The molecule has 0 fully saturated rings. The first-order valence-electron chi connectivity index (χ1n) is 4.37. The van der Waals surface area contributed by atoms with Crippen LogP contribution < -0.4 is 4.74 Å². The van der Waals surface area contributed by atoms with Gasteiger partial charge >= 0.3 is 0 Å². The van der Waals surface area contributed by atoms with Gasteiger partial charge in [0.15, 0.2) is 0 Å². The van der Waals surface area contributed by atoms with Gasteiger partial charge in [0, 0.05) is 6.42 Å². The molecule has 0 saturated heterocycles. The van der Waals surface area contributed by atoms with E-state index in [4.69, 9.17) is 4.74 Å². The maximum absolute atomic E-state index is 11.0. The predicted octanol–water partition coefficient (Wildman–Crippen LogP) is 2.90. The molecule has 0 saturated carbocycles. The molecule has 0 atom stereocenters. The van der Waals surface area contributed by atoms with Crippen molar-refractivity contribution in [2.45, 2.75) is 20.3 Å². The minimum absolute atomic E-state index is 0.161. The fourth-order valence-corrected chi connectivity index (χ4v) is 1.74. The molecule has 76 valence electrons. The molecule has 0 unspecified atom stereocenters. The number of benzene rings is 1. The molecule has 0 amide bonds. The zero-order valence-electron chi connectivity index (χ0n) is 8.56. The van der Waals surface area contributed by atoms with Gasteiger partial charge in [0.05, 0.1) is 11.6 Å². The number of Topliss-reactive ketones (excluding diaryl/α,β-unsaturated/α-hetero) is 1. The largest absolute Gasteiger partial charge is 0.496 e. The number of methoxy groups -OCH3 is 1. The monoisotopic (exact) mass is 256 g/mol. The van der Waals surface area contributed by atoms with Crippen LogP contribution in [-0.4, -0.2) is 12.9 Å². The Labute approximate surface area is 92.4 Å². The van der Waals surface area contributed by atoms with E-state index in [9.17, 15) is 4.79 Å². The number of carbonyl (C=O) groups excluding carboxylic acids is 1. The van der Waals surface area contributed by atoms with Crippen LogP contribution in [-0.2, 0) is 11.2 Å². The first kappa shape index (κ1) is 11.2. The van der Waals surface area contributed by atoms with Crippen LogP contribution in [0.25, 0.3) is 0 Å². The van der Waals surface area contributed by atoms with E-state index in [-0.39, 0.29) is 5.78 Å². The van der Waals surface area contributed by atoms with Gasteiger partial charge in [-0.25, -0.2) is 0 Å². The third-order valence-electron chi connectivity index (χ3n) is 1.95. The van der Waals surface area contributed by atoms with Crippen LogP contribution in [0.5, 0.6) is 5.75 Å². The summed E-state index contributed by atoms with van der Waals surface area (Å²) in [6, 6.07) is 3.88. The Hall–Kier alpha value is -0.830. The van der Waals surface area contributed by atoms with E-state index in [0.29, 0.717) is 6.42 Å². The number of hydrogen-bond donors (Lipinski definition) is 0. The summed E-state index contributed by atoms with van der Waals surface area (Å²) < 4.78 is 6.14. The van der Waals surface area contributed by atoms with Crippen LogP contribution in [0.4, 0.5) is 0 Å². The Morgan fingerprint density at radius 2 is 2.14 bits per heavy atom. The molecule has 0 aliphatic carbocycles. The van der Waals surface area contributed by atoms with Gasteiger partial charge in [0.1, 0.15) is 11.5 Å². The molecule has 1 rings (SSSR count). The third kappa shape index (κ3) is 2.58. The summed E-state index contributed by atoms with van der Waals surface area (Å²) in [5, 5.41) is 0. The average molecular weight is 257 g/mol. The highest BCUT2D eigenvalue weighted by molar-refractivity contribution is 9.10. The fraction of sp³-hybridized carbons (Fsp3) is 0.364. The molecule has 0 N–H and O–H groups in total. The van der Waals surface area contributed by atoms with E-state index in [1.807, 2.05) is 19.1 Å². The second-order valence-corrected chi connectivity index (χ2v) is 4.10. The average Bonchev–Trinajstić information content (AvgIpc) is 2.10. The number of rotatable bonds is 3. The molecule has 14 heavy (non-hydrogen) atoms. The molecule has 0 aromatic heterocycles. The zero-order chi connectivity index (χ0) is 10.7. The summed E-state index contributed by atoms with van der Waals surface area (Å²) in [6.07, 6.45) is 0.463. The first-order valence-corrected chi connectivity index (χ1v) is 5.16. The summed E-state index contributed by atoms with van der Waals surface area (Å²) in [7, 11) is 1.62. The molecule has 1 aromatic rings. The van der Waals surface area contributed by atoms with Gasteiger partial charge < -0.3 is 4.74 Å². The van der Waals surface area contributed by atoms with Crippen LogP contribution in [0.1, 0.15) is 18.1 Å². The standard InChI is InChI=1S/C11H13BrO2/c1-7-4-9(5-8(2)13)6-10(14-3)11(7)12/h4,6H,5H2,1-3H3. The van der Waals surface area contributed by atoms with Gasteiger partial charge in [-0.3, -0.25) is 4.79 Å². The van der Waals surface area contributed by atoms with Crippen molar-refractivity contribution in [1.29, 1.82) is 0 Å². The number of carbonyl (C=O) groups is 1. The molecule has 0 radical (unpaired) electrons. The van der Waals surface area contributed by atoms with Gasteiger partial charge in [0.25, 0.3) is 0 Å². The quantitative estimate of drug-likeness (QED) is 0.832. The Bertz CT molecular complexity index is 359. The Kier molecular flexibility index (Phi) is 3.69. The van der Waals surface area contributed by atoms with Crippen molar-refractivity contribution in [1.82, 2.24) is 0 Å². The predicted molar refractivity (Wildman–Crippen MR) is 59.8 cm³/mol. The van der Waals surface area contributed by atoms with Gasteiger partial charge in [0.2, 0.25) is 0 Å². The highest BCUT2D eigenvalue weighted by Crippen LogP contribution is 2.29. The second kappa shape index (κ2) is 4.60. The van der Waals surface area contributed by atoms with E-state index in [0.717, 1.165) is 21.3 Å². The minimum Gasteiger partial charge on any atom is -0.496 e. The van der Waals surface area contributed by atoms with Gasteiger partial charge in [-0.1, -0.05) is 6.07 Å². The Morgan fingerprint density at radius 1 is 1.50 bits per heavy atom. The fourth-order valence-electron chi connectivity index (χ4n) is 1.35. The lowest BCUT2D eigenvalue weighted by Crippen LogP contribution is -1.98. The summed E-state index contributed by atoms with van der Waals surface area (Å²) in [5.41, 5.74) is 2.08. The van der Waals surface area contributed by atoms with E-state index in [2.05, 4.69) is 15.9 Å². The minimum atomic E-state index is 0.161. The normalized spacial score (nSPS) is 10.0. The number of halogens is 1. The van der Waals surface area contributed by atoms with Crippen LogP contribution in [0.2, 0.25) is 0 Å². The lowest BCUT2D eigenvalue weighted by Gasteiger charge is -2.08. The molecule has 1 aromatic carbocycles. The maximum Gasteiger partial charge on any atom is 0.134 e. The van der Waals surface area contributed by atoms with Crippen molar-refractivity contribution in [2.24, 2.45) is 0 Å². The summed E-state index contributed by atoms with van der Waals surface area (Å²) in [4.78, 5) is 11.0. The lowest BCUT2D eigenvalue weighted by atomic mass is 10.1. The van der Waals surface area contributed by atoms with Crippen molar-refractivity contribution in [2.75, 3.05) is 7.11 Å². The number of ether oxygens (including phenoxy) is 1. The number of hydrogen-bond acceptors (Lipinski definition) is 2. The first-order chi connectivity index (χ1) is 6.54. The van der Waals surface area contributed by atoms with Gasteiger partial charge in [-0.15, -0.1) is 0 Å².